The van der Waals surface area contributed by atoms with Gasteiger partial charge in [0, 0.05) is 23.8 Å². The number of esters is 2. The van der Waals surface area contributed by atoms with Crippen LogP contribution in [0.4, 0.5) is 0 Å². The molecule has 1 saturated carbocycles. The van der Waals surface area contributed by atoms with Crippen molar-refractivity contribution in [3.05, 3.63) is 12.2 Å². The second-order valence-corrected chi connectivity index (χ2v) is 7.99. The van der Waals surface area contributed by atoms with Crippen molar-refractivity contribution in [2.45, 2.75) is 77.6 Å². The molecule has 1 heterocycles. The third-order valence-corrected chi connectivity index (χ3v) is 5.81. The highest BCUT2D eigenvalue weighted by Gasteiger charge is 2.52. The van der Waals surface area contributed by atoms with Crippen LogP contribution in [0.5, 0.6) is 0 Å². The normalized spacial score (nSPS) is 36.9. The number of ether oxygens (including phenoxy) is 2. The van der Waals surface area contributed by atoms with E-state index in [1.165, 1.54) is 0 Å². The van der Waals surface area contributed by atoms with Crippen LogP contribution in [0.1, 0.15) is 59.8 Å². The van der Waals surface area contributed by atoms with E-state index in [9.17, 15) is 19.5 Å². The Morgan fingerprint density at radius 3 is 2.73 bits per heavy atom. The number of fused-ring (bicyclic) bond motifs is 1. The Labute approximate surface area is 154 Å². The summed E-state index contributed by atoms with van der Waals surface area (Å²) in [5, 5.41) is 11.0. The third kappa shape index (κ3) is 4.17. The van der Waals surface area contributed by atoms with E-state index in [-0.39, 0.29) is 29.6 Å². The Hall–Kier alpha value is -1.69. The highest BCUT2D eigenvalue weighted by molar-refractivity contribution is 5.93. The van der Waals surface area contributed by atoms with Crippen LogP contribution >= 0.6 is 0 Å². The fourth-order valence-corrected chi connectivity index (χ4v) is 3.59. The Balaban J connectivity index is 2.39. The quantitative estimate of drug-likeness (QED) is 0.610. The molecule has 0 spiro atoms. The molecule has 0 radical (unpaired) electrons. The van der Waals surface area contributed by atoms with Crippen LogP contribution in [0.25, 0.3) is 0 Å². The molecule has 146 valence electrons. The Morgan fingerprint density at radius 2 is 2.12 bits per heavy atom. The zero-order valence-electron chi connectivity index (χ0n) is 16.1. The van der Waals surface area contributed by atoms with Crippen LogP contribution in [0, 0.1) is 17.8 Å². The molecule has 2 aliphatic rings. The minimum absolute atomic E-state index is 0.0352. The maximum atomic E-state index is 12.5. The largest absolute Gasteiger partial charge is 0.455 e. The molecule has 6 atom stereocenters. The lowest BCUT2D eigenvalue weighted by atomic mass is 9.77. The second kappa shape index (κ2) is 7.91. The number of Topliss-reactive ketones (excluding diaryl/α,β-unsaturated/α-hetero) is 1. The maximum absolute atomic E-state index is 12.5. The molecule has 1 N–H and O–H groups in total. The third-order valence-electron chi connectivity index (χ3n) is 5.81. The molecule has 0 unspecified atom stereocenters. The molecule has 1 saturated heterocycles. The average Bonchev–Trinajstić information content (AvgIpc) is 2.85. The molecule has 2 rings (SSSR count). The van der Waals surface area contributed by atoms with E-state index >= 15 is 0 Å². The number of rotatable bonds is 3. The molecule has 6 nitrogen and oxygen atoms in total. The van der Waals surface area contributed by atoms with E-state index in [0.717, 1.165) is 0 Å². The first-order valence-electron chi connectivity index (χ1n) is 9.43. The summed E-state index contributed by atoms with van der Waals surface area (Å²) in [4.78, 5) is 37.0. The van der Waals surface area contributed by atoms with Gasteiger partial charge in [0.25, 0.3) is 0 Å². The first-order valence-corrected chi connectivity index (χ1v) is 9.43. The Morgan fingerprint density at radius 1 is 1.46 bits per heavy atom. The predicted octanol–water partition coefficient (Wildman–Crippen LogP) is 2.57. The lowest BCUT2D eigenvalue weighted by molar-refractivity contribution is -0.191. The highest BCUT2D eigenvalue weighted by Crippen LogP contribution is 2.39. The summed E-state index contributed by atoms with van der Waals surface area (Å²) in [6.07, 6.45) is 0.374. The van der Waals surface area contributed by atoms with Crippen molar-refractivity contribution >= 4 is 17.7 Å². The van der Waals surface area contributed by atoms with Crippen LogP contribution in [0.3, 0.4) is 0 Å². The molecule has 0 aromatic rings. The van der Waals surface area contributed by atoms with Gasteiger partial charge in [-0.3, -0.25) is 9.59 Å². The zero-order chi connectivity index (χ0) is 19.6. The van der Waals surface area contributed by atoms with Crippen LogP contribution < -0.4 is 0 Å². The molecule has 0 bridgehead atoms. The molecule has 6 heteroatoms. The summed E-state index contributed by atoms with van der Waals surface area (Å²) in [6.45, 7) is 10.8. The van der Waals surface area contributed by atoms with Gasteiger partial charge in [-0.05, 0) is 32.6 Å². The first-order chi connectivity index (χ1) is 12.1. The van der Waals surface area contributed by atoms with E-state index in [1.807, 2.05) is 13.8 Å². The lowest BCUT2D eigenvalue weighted by Crippen LogP contribution is -2.52. The highest BCUT2D eigenvalue weighted by atomic mass is 16.6. The zero-order valence-corrected chi connectivity index (χ0v) is 16.1. The van der Waals surface area contributed by atoms with Crippen molar-refractivity contribution in [1.82, 2.24) is 0 Å². The monoisotopic (exact) mass is 366 g/mol. The van der Waals surface area contributed by atoms with Gasteiger partial charge in [0.15, 0.2) is 6.10 Å². The van der Waals surface area contributed by atoms with E-state index in [1.54, 1.807) is 13.8 Å². The molecule has 1 aliphatic carbocycles. The molecular weight excluding hydrogens is 336 g/mol. The molecule has 0 aromatic carbocycles. The minimum Gasteiger partial charge on any atom is -0.455 e. The lowest BCUT2D eigenvalue weighted by Gasteiger charge is -2.38. The van der Waals surface area contributed by atoms with Gasteiger partial charge in [0.2, 0.25) is 0 Å². The van der Waals surface area contributed by atoms with Gasteiger partial charge in [-0.2, -0.15) is 0 Å². The molecule has 2 fully saturated rings. The number of hydrogen-bond acceptors (Lipinski definition) is 6. The van der Waals surface area contributed by atoms with Gasteiger partial charge in [-0.15, -0.1) is 0 Å². The Bertz CT molecular complexity index is 593. The molecule has 1 aliphatic heterocycles. The molecular formula is C20H30O6. The van der Waals surface area contributed by atoms with E-state index in [2.05, 4.69) is 6.58 Å². The standard InChI is InChI=1S/C20H30O6/c1-6-11(2)18(22)26-17-16-14(13(4)19(23)25-16)10-15(21)12(3)8-7-9-20(17,5)24/h11-12,14,16-17,24H,4,6-10H2,1-3,5H3/t11-,12+,14-,16-,17+,20-/m1/s1. The average molecular weight is 366 g/mol. The van der Waals surface area contributed by atoms with E-state index < -0.39 is 35.7 Å². The van der Waals surface area contributed by atoms with E-state index in [4.69, 9.17) is 9.47 Å². The van der Waals surface area contributed by atoms with Crippen LogP contribution in [-0.2, 0) is 23.9 Å². The van der Waals surface area contributed by atoms with Gasteiger partial charge < -0.3 is 14.6 Å². The second-order valence-electron chi connectivity index (χ2n) is 7.99. The maximum Gasteiger partial charge on any atom is 0.334 e. The SMILES string of the molecule is C=C1C(=O)O[C@@H]2[C@@H]1CC(=O)[C@@H](C)CCC[C@@](C)(O)[C@H]2OC(=O)[C@H](C)CC. The summed E-state index contributed by atoms with van der Waals surface area (Å²) in [5.74, 6) is -2.08. The van der Waals surface area contributed by atoms with Crippen molar-refractivity contribution in [2.24, 2.45) is 17.8 Å². The van der Waals surface area contributed by atoms with Crippen LogP contribution in [0.2, 0.25) is 0 Å². The van der Waals surface area contributed by atoms with E-state index in [0.29, 0.717) is 25.7 Å². The van der Waals surface area contributed by atoms with Crippen molar-refractivity contribution in [1.29, 1.82) is 0 Å². The molecule has 0 amide bonds. The molecule has 26 heavy (non-hydrogen) atoms. The summed E-state index contributed by atoms with van der Waals surface area (Å²) in [5.41, 5.74) is -1.16. The van der Waals surface area contributed by atoms with Gasteiger partial charge >= 0.3 is 11.9 Å². The number of carbonyl (C=O) groups is 3. The van der Waals surface area contributed by atoms with Gasteiger partial charge in [0.05, 0.1) is 5.92 Å². The smallest absolute Gasteiger partial charge is 0.334 e. The predicted molar refractivity (Wildman–Crippen MR) is 95.1 cm³/mol. The summed E-state index contributed by atoms with van der Waals surface area (Å²) in [7, 11) is 0. The van der Waals surface area contributed by atoms with Crippen molar-refractivity contribution in [3.63, 3.8) is 0 Å². The summed E-state index contributed by atoms with van der Waals surface area (Å²) < 4.78 is 11.1. The minimum atomic E-state index is -1.36. The van der Waals surface area contributed by atoms with Crippen molar-refractivity contribution < 1.29 is 29.0 Å². The van der Waals surface area contributed by atoms with Gasteiger partial charge in [-0.1, -0.05) is 27.4 Å². The van der Waals surface area contributed by atoms with Crippen LogP contribution in [-0.4, -0.2) is 40.6 Å². The topological polar surface area (TPSA) is 89.9 Å². The Kier molecular flexibility index (Phi) is 6.27. The summed E-state index contributed by atoms with van der Waals surface area (Å²) in [6, 6.07) is 0. The molecule has 0 aromatic heterocycles. The van der Waals surface area contributed by atoms with Crippen molar-refractivity contribution in [2.75, 3.05) is 0 Å². The number of carbonyl (C=O) groups excluding carboxylic acids is 3. The van der Waals surface area contributed by atoms with Gasteiger partial charge in [-0.25, -0.2) is 4.79 Å². The number of hydrogen-bond donors (Lipinski definition) is 1. The summed E-state index contributed by atoms with van der Waals surface area (Å²) >= 11 is 0. The number of aliphatic hydroxyl groups is 1. The van der Waals surface area contributed by atoms with Gasteiger partial charge in [0.1, 0.15) is 17.5 Å². The van der Waals surface area contributed by atoms with Crippen molar-refractivity contribution in [3.8, 4) is 0 Å². The number of ketones is 1. The van der Waals surface area contributed by atoms with Crippen LogP contribution in [0.15, 0.2) is 12.2 Å². The fourth-order valence-electron chi connectivity index (χ4n) is 3.59. The fraction of sp³-hybridized carbons (Fsp3) is 0.750. The first kappa shape index (κ1) is 20.6.